The van der Waals surface area contributed by atoms with Crippen molar-refractivity contribution in [2.45, 2.75) is 0 Å². The summed E-state index contributed by atoms with van der Waals surface area (Å²) in [7, 11) is 0. The van der Waals surface area contributed by atoms with E-state index in [0.717, 1.165) is 49.8 Å². The van der Waals surface area contributed by atoms with E-state index in [9.17, 15) is 0 Å². The first kappa shape index (κ1) is 27.3. The van der Waals surface area contributed by atoms with Gasteiger partial charge in [0.25, 0.3) is 0 Å². The molecule has 11 rings (SSSR count). The molecular formula is C48H28O2. The third kappa shape index (κ3) is 3.90. The fourth-order valence-electron chi connectivity index (χ4n) is 8.28. The number of hydrogen-bond acceptors (Lipinski definition) is 2. The molecule has 0 bridgehead atoms. The first-order valence-electron chi connectivity index (χ1n) is 17.1. The Bertz CT molecular complexity index is 3080. The molecule has 9 aromatic carbocycles. The van der Waals surface area contributed by atoms with Crippen LogP contribution < -0.4 is 0 Å². The van der Waals surface area contributed by atoms with Gasteiger partial charge in [0, 0.05) is 27.8 Å². The zero-order chi connectivity index (χ0) is 32.8. The highest BCUT2D eigenvalue weighted by atomic mass is 16.3. The fraction of sp³-hybridized carbons (Fsp3) is 0. The minimum Gasteiger partial charge on any atom is -0.456 e. The molecule has 2 nitrogen and oxygen atoms in total. The van der Waals surface area contributed by atoms with Crippen LogP contribution in [-0.2, 0) is 0 Å². The summed E-state index contributed by atoms with van der Waals surface area (Å²) >= 11 is 0. The van der Waals surface area contributed by atoms with E-state index >= 15 is 0 Å². The Kier molecular flexibility index (Phi) is 5.70. The van der Waals surface area contributed by atoms with E-state index in [2.05, 4.69) is 146 Å². The van der Waals surface area contributed by atoms with Crippen molar-refractivity contribution in [1.82, 2.24) is 0 Å². The maximum atomic E-state index is 6.58. The molecule has 2 aromatic heterocycles. The van der Waals surface area contributed by atoms with Gasteiger partial charge < -0.3 is 8.83 Å². The van der Waals surface area contributed by atoms with Gasteiger partial charge in [-0.15, -0.1) is 0 Å². The van der Waals surface area contributed by atoms with Crippen molar-refractivity contribution in [2.24, 2.45) is 0 Å². The highest BCUT2D eigenvalue weighted by Gasteiger charge is 2.22. The summed E-state index contributed by atoms with van der Waals surface area (Å²) in [5.41, 5.74) is 8.46. The minimum absolute atomic E-state index is 0.819. The molecule has 11 aromatic rings. The van der Waals surface area contributed by atoms with Crippen molar-refractivity contribution >= 4 is 76.0 Å². The number of hydrogen-bond donors (Lipinski definition) is 0. The molecular weight excluding hydrogens is 609 g/mol. The largest absolute Gasteiger partial charge is 0.456 e. The lowest BCUT2D eigenvalue weighted by molar-refractivity contribution is 0.628. The van der Waals surface area contributed by atoms with Gasteiger partial charge >= 0.3 is 0 Å². The van der Waals surface area contributed by atoms with Gasteiger partial charge in [-0.2, -0.15) is 0 Å². The van der Waals surface area contributed by atoms with Crippen LogP contribution in [-0.4, -0.2) is 0 Å². The smallest absolute Gasteiger partial charge is 0.139 e. The second-order valence-electron chi connectivity index (χ2n) is 13.2. The van der Waals surface area contributed by atoms with Crippen LogP contribution in [0.25, 0.3) is 110 Å². The molecule has 50 heavy (non-hydrogen) atoms. The van der Waals surface area contributed by atoms with Gasteiger partial charge in [0.05, 0.1) is 0 Å². The SMILES string of the molecule is c1ccc(-c2cc3cc4c(cc3o2)oc2cccc(-c3c5ccccc5c(-c5cc6ccccc6c6ccccc56)c5ccccc35)c24)cc1. The number of fused-ring (bicyclic) bond motifs is 9. The Morgan fingerprint density at radius 2 is 0.900 bits per heavy atom. The predicted molar refractivity (Wildman–Crippen MR) is 210 cm³/mol. The van der Waals surface area contributed by atoms with Gasteiger partial charge in [-0.25, -0.2) is 0 Å². The molecule has 0 saturated heterocycles. The van der Waals surface area contributed by atoms with E-state index in [1.807, 2.05) is 24.3 Å². The molecule has 2 heterocycles. The highest BCUT2D eigenvalue weighted by molar-refractivity contribution is 6.28. The topological polar surface area (TPSA) is 26.3 Å². The Hall–Kier alpha value is -6.64. The minimum atomic E-state index is 0.819. The second-order valence-corrected chi connectivity index (χ2v) is 13.2. The quantitative estimate of drug-likeness (QED) is 0.142. The van der Waals surface area contributed by atoms with Crippen LogP contribution >= 0.6 is 0 Å². The van der Waals surface area contributed by atoms with E-state index in [1.54, 1.807) is 0 Å². The Balaban J connectivity index is 1.24. The Morgan fingerprint density at radius 3 is 1.62 bits per heavy atom. The molecule has 232 valence electrons. The van der Waals surface area contributed by atoms with Gasteiger partial charge in [0.1, 0.15) is 22.5 Å². The van der Waals surface area contributed by atoms with Gasteiger partial charge in [0.15, 0.2) is 0 Å². The molecule has 0 saturated carbocycles. The normalized spacial score (nSPS) is 12.0. The van der Waals surface area contributed by atoms with Crippen LogP contribution in [0.3, 0.4) is 0 Å². The molecule has 0 radical (unpaired) electrons. The number of furan rings is 2. The van der Waals surface area contributed by atoms with Gasteiger partial charge in [0.2, 0.25) is 0 Å². The standard InChI is InChI=1S/C48H28O2/c1-2-13-29(14-3-1)43-27-31-26-41-45(28-44(31)50-43)49-42-24-12-23-39(48(41)42)46-35-19-8-10-21-37(35)47(38-22-11-9-20-36(38)46)40-25-30-15-4-5-16-32(30)33-17-6-7-18-34(33)40/h1-28H. The third-order valence-electron chi connectivity index (χ3n) is 10.4. The van der Waals surface area contributed by atoms with Crippen LogP contribution in [0.4, 0.5) is 0 Å². The summed E-state index contributed by atoms with van der Waals surface area (Å²) in [6.45, 7) is 0. The summed E-state index contributed by atoms with van der Waals surface area (Å²) in [6.07, 6.45) is 0. The van der Waals surface area contributed by atoms with Crippen LogP contribution in [0.2, 0.25) is 0 Å². The molecule has 0 unspecified atom stereocenters. The van der Waals surface area contributed by atoms with E-state index in [1.165, 1.54) is 59.8 Å². The summed E-state index contributed by atoms with van der Waals surface area (Å²) in [4.78, 5) is 0. The van der Waals surface area contributed by atoms with Crippen molar-refractivity contribution in [2.75, 3.05) is 0 Å². The van der Waals surface area contributed by atoms with Crippen LogP contribution in [0, 0.1) is 0 Å². The molecule has 0 aliphatic heterocycles. The average molecular weight is 637 g/mol. The van der Waals surface area contributed by atoms with Crippen LogP contribution in [0.5, 0.6) is 0 Å². The van der Waals surface area contributed by atoms with Crippen molar-refractivity contribution < 1.29 is 8.83 Å². The summed E-state index contributed by atoms with van der Waals surface area (Å²) in [6, 6.07) is 60.9. The fourth-order valence-corrected chi connectivity index (χ4v) is 8.28. The Morgan fingerprint density at radius 1 is 0.300 bits per heavy atom. The summed E-state index contributed by atoms with van der Waals surface area (Å²) in [5.74, 6) is 0.853. The lowest BCUT2D eigenvalue weighted by Gasteiger charge is -2.20. The zero-order valence-electron chi connectivity index (χ0n) is 27.0. The lowest BCUT2D eigenvalue weighted by atomic mass is 9.83. The average Bonchev–Trinajstić information content (AvgIpc) is 3.77. The van der Waals surface area contributed by atoms with E-state index < -0.39 is 0 Å². The number of benzene rings is 9. The van der Waals surface area contributed by atoms with Crippen molar-refractivity contribution in [1.29, 1.82) is 0 Å². The number of rotatable bonds is 3. The van der Waals surface area contributed by atoms with E-state index in [4.69, 9.17) is 8.83 Å². The van der Waals surface area contributed by atoms with Gasteiger partial charge in [-0.3, -0.25) is 0 Å². The van der Waals surface area contributed by atoms with E-state index in [-0.39, 0.29) is 0 Å². The zero-order valence-corrected chi connectivity index (χ0v) is 27.0. The van der Waals surface area contributed by atoms with E-state index in [0.29, 0.717) is 0 Å². The van der Waals surface area contributed by atoms with Gasteiger partial charge in [-0.05, 0) is 89.6 Å². The van der Waals surface area contributed by atoms with Gasteiger partial charge in [-0.1, -0.05) is 140 Å². The molecule has 0 aliphatic rings. The molecule has 0 aliphatic carbocycles. The lowest BCUT2D eigenvalue weighted by Crippen LogP contribution is -1.92. The highest BCUT2D eigenvalue weighted by Crippen LogP contribution is 2.49. The molecule has 0 spiro atoms. The van der Waals surface area contributed by atoms with Crippen LogP contribution in [0.15, 0.2) is 179 Å². The summed E-state index contributed by atoms with van der Waals surface area (Å²) < 4.78 is 12.9. The molecule has 0 atom stereocenters. The second kappa shape index (κ2) is 10.4. The van der Waals surface area contributed by atoms with Crippen LogP contribution in [0.1, 0.15) is 0 Å². The Labute approximate surface area is 287 Å². The first-order valence-corrected chi connectivity index (χ1v) is 17.1. The summed E-state index contributed by atoms with van der Waals surface area (Å²) in [5, 5.41) is 13.2. The monoisotopic (exact) mass is 636 g/mol. The van der Waals surface area contributed by atoms with Crippen molar-refractivity contribution in [3.63, 3.8) is 0 Å². The molecule has 0 fully saturated rings. The third-order valence-corrected chi connectivity index (χ3v) is 10.4. The first-order chi connectivity index (χ1) is 24.8. The van der Waals surface area contributed by atoms with Crippen molar-refractivity contribution in [3.8, 4) is 33.6 Å². The molecule has 0 amide bonds. The molecule has 0 N–H and O–H groups in total. The maximum absolute atomic E-state index is 6.58. The molecule has 2 heteroatoms. The maximum Gasteiger partial charge on any atom is 0.139 e. The van der Waals surface area contributed by atoms with Crippen molar-refractivity contribution in [3.05, 3.63) is 170 Å². The predicted octanol–water partition coefficient (Wildman–Crippen LogP) is 13.9.